The van der Waals surface area contributed by atoms with Crippen LogP contribution in [0, 0.1) is 11.7 Å². The van der Waals surface area contributed by atoms with Crippen molar-refractivity contribution in [2.45, 2.75) is 64.1 Å². The van der Waals surface area contributed by atoms with E-state index in [4.69, 9.17) is 5.73 Å². The van der Waals surface area contributed by atoms with Crippen LogP contribution in [-0.2, 0) is 6.42 Å². The van der Waals surface area contributed by atoms with Crippen LogP contribution in [0.4, 0.5) is 20.7 Å². The number of alkyl halides is 1. The number of aromatic nitrogens is 3. The monoisotopic (exact) mass is 375 g/mol. The van der Waals surface area contributed by atoms with Crippen molar-refractivity contribution in [3.8, 4) is 0 Å². The zero-order valence-electron chi connectivity index (χ0n) is 15.7. The number of benzene rings is 1. The summed E-state index contributed by atoms with van der Waals surface area (Å²) in [4.78, 5) is 12.3. The van der Waals surface area contributed by atoms with Crippen LogP contribution in [0.3, 0.4) is 0 Å². The van der Waals surface area contributed by atoms with Gasteiger partial charge in [0.25, 0.3) is 0 Å². The van der Waals surface area contributed by atoms with Gasteiger partial charge in [0.15, 0.2) is 12.0 Å². The second-order valence-corrected chi connectivity index (χ2v) is 7.20. The number of hydrogen-bond acceptors (Lipinski definition) is 5. The smallest absolute Gasteiger partial charge is 0.228 e. The number of hydrogen-bond donors (Lipinski definition) is 2. The number of nitrogens with one attached hydrogen (secondary N) is 1. The molecule has 1 aliphatic carbocycles. The number of aryl methyl sites for hydroxylation is 1. The van der Waals surface area contributed by atoms with Crippen LogP contribution in [0.2, 0.25) is 0 Å². The van der Waals surface area contributed by atoms with E-state index in [0.717, 1.165) is 19.3 Å². The molecule has 0 radical (unpaired) electrons. The van der Waals surface area contributed by atoms with Crippen molar-refractivity contribution in [1.29, 1.82) is 0 Å². The van der Waals surface area contributed by atoms with Crippen molar-refractivity contribution in [1.82, 2.24) is 15.0 Å². The summed E-state index contributed by atoms with van der Waals surface area (Å²) < 4.78 is 28.1. The Balaban J connectivity index is 1.72. The van der Waals surface area contributed by atoms with E-state index in [1.807, 2.05) is 19.1 Å². The van der Waals surface area contributed by atoms with Gasteiger partial charge in [-0.2, -0.15) is 15.0 Å². The van der Waals surface area contributed by atoms with E-state index in [9.17, 15) is 8.78 Å². The van der Waals surface area contributed by atoms with Crippen LogP contribution in [-0.4, -0.2) is 21.0 Å². The summed E-state index contributed by atoms with van der Waals surface area (Å²) >= 11 is 0. The number of rotatable bonds is 9. The van der Waals surface area contributed by atoms with E-state index in [-0.39, 0.29) is 23.6 Å². The van der Waals surface area contributed by atoms with Gasteiger partial charge >= 0.3 is 0 Å². The van der Waals surface area contributed by atoms with Crippen molar-refractivity contribution < 1.29 is 8.78 Å². The van der Waals surface area contributed by atoms with Crippen LogP contribution in [0.15, 0.2) is 24.3 Å². The van der Waals surface area contributed by atoms with E-state index in [2.05, 4.69) is 20.3 Å². The molecule has 0 saturated heterocycles. The normalized spacial score (nSPS) is 16.6. The molecule has 7 heteroatoms. The van der Waals surface area contributed by atoms with Crippen molar-refractivity contribution >= 4 is 11.9 Å². The van der Waals surface area contributed by atoms with Crippen molar-refractivity contribution in [3.63, 3.8) is 0 Å². The highest BCUT2D eigenvalue weighted by molar-refractivity contribution is 5.33. The standard InChI is InChI=1S/C20H27F2N5/c1-2-6-16(22)18-25-19(23)27-20(26-18)24-17(14-8-5-9-14)12-11-13-7-3-4-10-15(13)21/h3-4,7,10,14,16-17H,2,5-6,8-9,11-12H2,1H3,(H3,23,24,25,26,27)/t16?,17-/m0/s1. The summed E-state index contributed by atoms with van der Waals surface area (Å²) in [5.41, 5.74) is 6.46. The van der Waals surface area contributed by atoms with Gasteiger partial charge in [-0.05, 0) is 49.7 Å². The van der Waals surface area contributed by atoms with E-state index in [1.54, 1.807) is 6.07 Å². The Morgan fingerprint density at radius 2 is 1.96 bits per heavy atom. The van der Waals surface area contributed by atoms with Crippen LogP contribution >= 0.6 is 0 Å². The van der Waals surface area contributed by atoms with Crippen molar-refractivity contribution in [2.75, 3.05) is 11.1 Å². The molecule has 3 rings (SSSR count). The minimum Gasteiger partial charge on any atom is -0.368 e. The van der Waals surface area contributed by atoms with Gasteiger partial charge in [-0.3, -0.25) is 0 Å². The predicted octanol–water partition coefficient (Wildman–Crippen LogP) is 4.62. The third-order valence-electron chi connectivity index (χ3n) is 5.21. The molecule has 0 amide bonds. The van der Waals surface area contributed by atoms with E-state index >= 15 is 0 Å². The lowest BCUT2D eigenvalue weighted by Gasteiger charge is -2.34. The molecule has 5 nitrogen and oxygen atoms in total. The topological polar surface area (TPSA) is 76.7 Å². The number of nitrogen functional groups attached to an aromatic ring is 1. The van der Waals surface area contributed by atoms with Crippen LogP contribution in [0.1, 0.15) is 63.0 Å². The first kappa shape index (κ1) is 19.5. The van der Waals surface area contributed by atoms with Crippen LogP contribution < -0.4 is 11.1 Å². The molecule has 1 saturated carbocycles. The molecule has 1 unspecified atom stereocenters. The molecule has 27 heavy (non-hydrogen) atoms. The molecule has 3 N–H and O–H groups in total. The Kier molecular flexibility index (Phi) is 6.53. The molecule has 1 aromatic heterocycles. The highest BCUT2D eigenvalue weighted by Crippen LogP contribution is 2.33. The third-order valence-corrected chi connectivity index (χ3v) is 5.21. The molecule has 2 atom stereocenters. The summed E-state index contributed by atoms with van der Waals surface area (Å²) in [7, 11) is 0. The summed E-state index contributed by atoms with van der Waals surface area (Å²) in [5, 5.41) is 3.32. The summed E-state index contributed by atoms with van der Waals surface area (Å²) in [6.45, 7) is 1.91. The lowest BCUT2D eigenvalue weighted by atomic mass is 9.78. The Morgan fingerprint density at radius 1 is 1.19 bits per heavy atom. The lowest BCUT2D eigenvalue weighted by Crippen LogP contribution is -2.35. The zero-order chi connectivity index (χ0) is 19.2. The second-order valence-electron chi connectivity index (χ2n) is 7.20. The molecule has 2 aromatic rings. The molecule has 0 spiro atoms. The van der Waals surface area contributed by atoms with E-state index in [1.165, 1.54) is 12.5 Å². The molecule has 1 aliphatic rings. The minimum absolute atomic E-state index is 0.0164. The first-order valence-corrected chi connectivity index (χ1v) is 9.72. The Morgan fingerprint density at radius 3 is 2.63 bits per heavy atom. The zero-order valence-corrected chi connectivity index (χ0v) is 15.7. The average molecular weight is 375 g/mol. The average Bonchev–Trinajstić information content (AvgIpc) is 2.59. The molecular formula is C20H27F2N5. The highest BCUT2D eigenvalue weighted by Gasteiger charge is 2.28. The van der Waals surface area contributed by atoms with Gasteiger partial charge in [0.05, 0.1) is 0 Å². The Bertz CT molecular complexity index is 751. The third kappa shape index (κ3) is 5.11. The quantitative estimate of drug-likeness (QED) is 0.669. The lowest BCUT2D eigenvalue weighted by molar-refractivity contribution is 0.264. The van der Waals surface area contributed by atoms with E-state index < -0.39 is 6.17 Å². The van der Waals surface area contributed by atoms with Gasteiger partial charge < -0.3 is 11.1 Å². The fourth-order valence-corrected chi connectivity index (χ4v) is 3.44. The van der Waals surface area contributed by atoms with Gasteiger partial charge in [-0.15, -0.1) is 0 Å². The Labute approximate surface area is 158 Å². The molecule has 0 bridgehead atoms. The van der Waals surface area contributed by atoms with Crippen molar-refractivity contribution in [2.24, 2.45) is 5.92 Å². The number of anilines is 2. The van der Waals surface area contributed by atoms with Crippen LogP contribution in [0.5, 0.6) is 0 Å². The molecule has 146 valence electrons. The molecule has 1 aromatic carbocycles. The first-order chi connectivity index (χ1) is 13.1. The molecule has 1 fully saturated rings. The largest absolute Gasteiger partial charge is 0.368 e. The van der Waals surface area contributed by atoms with Gasteiger partial charge in [0.1, 0.15) is 5.82 Å². The maximum absolute atomic E-state index is 14.2. The van der Waals surface area contributed by atoms with E-state index in [0.29, 0.717) is 36.7 Å². The molecule has 1 heterocycles. The maximum atomic E-state index is 14.2. The van der Waals surface area contributed by atoms with Gasteiger partial charge in [0, 0.05) is 6.04 Å². The van der Waals surface area contributed by atoms with Crippen LogP contribution in [0.25, 0.3) is 0 Å². The minimum atomic E-state index is -1.25. The SMILES string of the molecule is CCCC(F)c1nc(N)nc(N[C@@H](CCc2ccccc2F)C2CCC2)n1. The maximum Gasteiger partial charge on any atom is 0.228 e. The van der Waals surface area contributed by atoms with Gasteiger partial charge in [0.2, 0.25) is 11.9 Å². The molecule has 0 aliphatic heterocycles. The fourth-order valence-electron chi connectivity index (χ4n) is 3.44. The Hall–Kier alpha value is -2.31. The predicted molar refractivity (Wildman–Crippen MR) is 102 cm³/mol. The van der Waals surface area contributed by atoms with Gasteiger partial charge in [-0.25, -0.2) is 8.78 Å². The first-order valence-electron chi connectivity index (χ1n) is 9.72. The number of nitrogens with zero attached hydrogens (tertiary/aromatic N) is 3. The van der Waals surface area contributed by atoms with Gasteiger partial charge in [-0.1, -0.05) is 38.0 Å². The van der Waals surface area contributed by atoms with Crippen molar-refractivity contribution in [3.05, 3.63) is 41.5 Å². The summed E-state index contributed by atoms with van der Waals surface area (Å²) in [6.07, 6.45) is 4.59. The highest BCUT2D eigenvalue weighted by atomic mass is 19.1. The second kappa shape index (κ2) is 9.06. The fraction of sp³-hybridized carbons (Fsp3) is 0.550. The molecular weight excluding hydrogens is 348 g/mol. The summed E-state index contributed by atoms with van der Waals surface area (Å²) in [6, 6.07) is 6.93. The summed E-state index contributed by atoms with van der Waals surface area (Å²) in [5.74, 6) is 0.698. The number of nitrogens with two attached hydrogens (primary N) is 1. The number of halogens is 2.